The van der Waals surface area contributed by atoms with Crippen LogP contribution in [0.15, 0.2) is 170 Å². The maximum atomic E-state index is 2.66. The summed E-state index contributed by atoms with van der Waals surface area (Å²) in [5.74, 6) is 0. The average Bonchev–Trinajstić information content (AvgIpc) is 4.18. The third-order valence-electron chi connectivity index (χ3n) is 16.4. The Morgan fingerprint density at radius 3 is 0.959 bits per heavy atom. The molecule has 0 aliphatic heterocycles. The van der Waals surface area contributed by atoms with Crippen molar-refractivity contribution in [2.45, 2.75) is 106 Å². The van der Waals surface area contributed by atoms with Crippen molar-refractivity contribution in [3.63, 3.8) is 0 Å². The first-order chi connectivity index (χ1) is 35.8. The summed E-state index contributed by atoms with van der Waals surface area (Å²) in [6, 6.07) is 65.5. The van der Waals surface area contributed by atoms with Crippen molar-refractivity contribution in [2.24, 2.45) is 0 Å². The van der Waals surface area contributed by atoms with Crippen LogP contribution in [0.1, 0.15) is 103 Å². The molecule has 0 aliphatic carbocycles. The van der Waals surface area contributed by atoms with E-state index in [-0.39, 0.29) is 10.8 Å². The number of rotatable bonds is 10. The second-order valence-corrected chi connectivity index (χ2v) is 22.9. The molecule has 366 valence electrons. The van der Waals surface area contributed by atoms with Crippen molar-refractivity contribution in [1.29, 1.82) is 0 Å². The summed E-state index contributed by atoms with van der Waals surface area (Å²) in [5.41, 5.74) is 22.6. The summed E-state index contributed by atoms with van der Waals surface area (Å²) >= 11 is 0. The standard InChI is InChI=1S/C70H66N4/c1-11-43-21-15-25-47(37-43)71(48-26-16-22-44(12-2)38-48)59-35-33-51-55-41-62-56(42-61(55)73-65-53(63(59)67(51)73)29-19-31-57(65)69(5,6)7)52-34-36-60(64-54-30-20-32-58(70(8,9)10)66(54)74(62)68(52)64)72(49-27-17-23-45(13-3)39-49)50-28-18-24-46(14-4)40-50/h15-42H,11-14H2,1-10H3. The first-order valence-electron chi connectivity index (χ1n) is 27.2. The smallest absolute Gasteiger partial charge is 0.0641 e. The normalized spacial score (nSPS) is 12.7. The van der Waals surface area contributed by atoms with Crippen molar-refractivity contribution in [1.82, 2.24) is 8.80 Å². The third kappa shape index (κ3) is 6.79. The molecule has 0 aliphatic rings. The van der Waals surface area contributed by atoms with E-state index in [1.807, 2.05) is 0 Å². The first kappa shape index (κ1) is 46.0. The largest absolute Gasteiger partial charge is 0.310 e. The molecule has 4 aromatic heterocycles. The van der Waals surface area contributed by atoms with Crippen molar-refractivity contribution in [2.75, 3.05) is 9.80 Å². The molecule has 0 saturated heterocycles. The van der Waals surface area contributed by atoms with Gasteiger partial charge < -0.3 is 18.6 Å². The molecule has 0 bridgehead atoms. The molecule has 13 aromatic rings. The lowest BCUT2D eigenvalue weighted by atomic mass is 9.85. The highest BCUT2D eigenvalue weighted by molar-refractivity contribution is 6.32. The van der Waals surface area contributed by atoms with Crippen LogP contribution in [0.3, 0.4) is 0 Å². The summed E-state index contributed by atoms with van der Waals surface area (Å²) in [7, 11) is 0. The number of fused-ring (bicyclic) bond motifs is 12. The molecular formula is C70H66N4. The Hall–Kier alpha value is -7.82. The van der Waals surface area contributed by atoms with E-state index in [9.17, 15) is 0 Å². The van der Waals surface area contributed by atoms with Crippen LogP contribution < -0.4 is 9.80 Å². The summed E-state index contributed by atoms with van der Waals surface area (Å²) in [5, 5.41) is 10.3. The van der Waals surface area contributed by atoms with Crippen LogP contribution in [-0.4, -0.2) is 8.80 Å². The van der Waals surface area contributed by atoms with Crippen LogP contribution in [0.2, 0.25) is 0 Å². The van der Waals surface area contributed by atoms with Crippen LogP contribution in [0.5, 0.6) is 0 Å². The molecule has 0 unspecified atom stereocenters. The van der Waals surface area contributed by atoms with Crippen LogP contribution >= 0.6 is 0 Å². The summed E-state index contributed by atoms with van der Waals surface area (Å²) in [6.07, 6.45) is 3.90. The lowest BCUT2D eigenvalue weighted by molar-refractivity contribution is 0.594. The second-order valence-electron chi connectivity index (χ2n) is 22.9. The van der Waals surface area contributed by atoms with Crippen molar-refractivity contribution >= 4 is 110 Å². The maximum Gasteiger partial charge on any atom is 0.0641 e. The molecule has 13 rings (SSSR count). The molecule has 9 aromatic carbocycles. The number of anilines is 6. The highest BCUT2D eigenvalue weighted by atomic mass is 15.2. The Morgan fingerprint density at radius 1 is 0.324 bits per heavy atom. The molecule has 0 radical (unpaired) electrons. The molecule has 74 heavy (non-hydrogen) atoms. The minimum absolute atomic E-state index is 0.112. The fourth-order valence-corrected chi connectivity index (χ4v) is 12.7. The van der Waals surface area contributed by atoms with Gasteiger partial charge in [0.05, 0.1) is 44.5 Å². The van der Waals surface area contributed by atoms with E-state index >= 15 is 0 Å². The van der Waals surface area contributed by atoms with E-state index in [0.29, 0.717) is 0 Å². The summed E-state index contributed by atoms with van der Waals surface area (Å²) in [6.45, 7) is 23.2. The van der Waals surface area contributed by atoms with Gasteiger partial charge in [-0.1, -0.05) is 166 Å². The van der Waals surface area contributed by atoms with Gasteiger partial charge in [0, 0.05) is 65.8 Å². The fourth-order valence-electron chi connectivity index (χ4n) is 12.7. The number of para-hydroxylation sites is 2. The summed E-state index contributed by atoms with van der Waals surface area (Å²) < 4.78 is 5.31. The highest BCUT2D eigenvalue weighted by Crippen LogP contribution is 2.53. The van der Waals surface area contributed by atoms with Gasteiger partial charge >= 0.3 is 0 Å². The van der Waals surface area contributed by atoms with Crippen LogP contribution in [0.4, 0.5) is 34.1 Å². The van der Waals surface area contributed by atoms with E-state index in [4.69, 9.17) is 0 Å². The molecule has 4 nitrogen and oxygen atoms in total. The lowest BCUT2D eigenvalue weighted by Gasteiger charge is -2.27. The van der Waals surface area contributed by atoms with Gasteiger partial charge in [-0.3, -0.25) is 0 Å². The Kier molecular flexibility index (Phi) is 10.5. The first-order valence-corrected chi connectivity index (χ1v) is 27.2. The molecule has 4 heterocycles. The quantitative estimate of drug-likeness (QED) is 0.136. The van der Waals surface area contributed by atoms with Gasteiger partial charge in [0.2, 0.25) is 0 Å². The van der Waals surface area contributed by atoms with Gasteiger partial charge in [-0.2, -0.15) is 0 Å². The van der Waals surface area contributed by atoms with Gasteiger partial charge in [0.15, 0.2) is 0 Å². The van der Waals surface area contributed by atoms with Gasteiger partial charge in [-0.05, 0) is 143 Å². The average molecular weight is 963 g/mol. The van der Waals surface area contributed by atoms with E-state index < -0.39 is 0 Å². The van der Waals surface area contributed by atoms with Crippen molar-refractivity contribution in [3.05, 3.63) is 203 Å². The second kappa shape index (κ2) is 16.9. The maximum absolute atomic E-state index is 2.66. The minimum Gasteiger partial charge on any atom is -0.310 e. The molecule has 0 spiro atoms. The predicted octanol–water partition coefficient (Wildman–Crippen LogP) is 19.8. The SMILES string of the molecule is CCc1cccc(N(c2cccc(CC)c2)c2ccc3c4cc5c(cc4n4c6c(C(C)(C)C)cccc6c2c34)c2ccc(N(c3cccc(CC)c3)c3cccc(CC)c3)c3c4cccc(C(C)(C)C)c4n5c23)c1. The van der Waals surface area contributed by atoms with Crippen molar-refractivity contribution in [3.8, 4) is 0 Å². The zero-order chi connectivity index (χ0) is 50.9. The van der Waals surface area contributed by atoms with E-state index in [1.54, 1.807) is 0 Å². The van der Waals surface area contributed by atoms with Gasteiger partial charge in [0.1, 0.15) is 0 Å². The number of aryl methyl sites for hydroxylation is 4. The van der Waals surface area contributed by atoms with Gasteiger partial charge in [0.25, 0.3) is 0 Å². The van der Waals surface area contributed by atoms with Crippen LogP contribution in [0.25, 0.3) is 76.2 Å². The number of hydrogen-bond donors (Lipinski definition) is 0. The monoisotopic (exact) mass is 963 g/mol. The zero-order valence-corrected chi connectivity index (χ0v) is 44.8. The van der Waals surface area contributed by atoms with Crippen LogP contribution in [-0.2, 0) is 36.5 Å². The fraction of sp³-hybridized carbons (Fsp3) is 0.229. The molecule has 0 N–H and O–H groups in total. The van der Waals surface area contributed by atoms with Crippen LogP contribution in [0, 0.1) is 0 Å². The number of benzene rings is 9. The van der Waals surface area contributed by atoms with E-state index in [1.165, 1.54) is 144 Å². The Bertz CT molecular complexity index is 3960. The van der Waals surface area contributed by atoms with E-state index in [2.05, 4.69) is 258 Å². The van der Waals surface area contributed by atoms with Gasteiger partial charge in [-0.15, -0.1) is 0 Å². The zero-order valence-electron chi connectivity index (χ0n) is 44.8. The van der Waals surface area contributed by atoms with E-state index in [0.717, 1.165) is 25.7 Å². The Labute approximate surface area is 435 Å². The summed E-state index contributed by atoms with van der Waals surface area (Å²) in [4.78, 5) is 5.05. The number of hydrogen-bond acceptors (Lipinski definition) is 2. The predicted molar refractivity (Wildman–Crippen MR) is 320 cm³/mol. The topological polar surface area (TPSA) is 15.3 Å². The molecule has 0 fully saturated rings. The van der Waals surface area contributed by atoms with Gasteiger partial charge in [-0.25, -0.2) is 0 Å². The van der Waals surface area contributed by atoms with Crippen molar-refractivity contribution < 1.29 is 0 Å². The Balaban J connectivity index is 1.18. The molecule has 0 amide bonds. The molecule has 0 atom stereocenters. The highest BCUT2D eigenvalue weighted by Gasteiger charge is 2.32. The third-order valence-corrected chi connectivity index (χ3v) is 16.4. The molecule has 0 saturated carbocycles. The minimum atomic E-state index is -0.112. The lowest BCUT2D eigenvalue weighted by Crippen LogP contribution is -2.12. The Morgan fingerprint density at radius 2 is 0.649 bits per heavy atom. The molecule has 4 heteroatoms. The molecular weight excluding hydrogens is 897 g/mol. The number of aromatic nitrogens is 2. The number of nitrogens with zero attached hydrogens (tertiary/aromatic N) is 4.